The Balaban J connectivity index is 0.000000139. The van der Waals surface area contributed by atoms with E-state index in [1.807, 2.05) is 157 Å². The van der Waals surface area contributed by atoms with E-state index in [0.29, 0.717) is 151 Å². The molecule has 5 aliphatic rings. The molecule has 0 unspecified atom stereocenters. The highest BCUT2D eigenvalue weighted by molar-refractivity contribution is 7.12. The van der Waals surface area contributed by atoms with Crippen molar-refractivity contribution in [2.45, 2.75) is 72.8 Å². The summed E-state index contributed by atoms with van der Waals surface area (Å²) in [4.78, 5) is 176. The van der Waals surface area contributed by atoms with Crippen LogP contribution in [0, 0.1) is 5.92 Å². The number of hydrogen-bond donors (Lipinski definition) is 0. The maximum atomic E-state index is 13.9. The van der Waals surface area contributed by atoms with Gasteiger partial charge in [0.15, 0.2) is 5.76 Å². The van der Waals surface area contributed by atoms with Crippen molar-refractivity contribution >= 4 is 137 Å². The van der Waals surface area contributed by atoms with E-state index in [9.17, 15) is 57.5 Å². The number of pyridine rings is 5. The van der Waals surface area contributed by atoms with E-state index in [0.717, 1.165) is 59.8 Å². The molecule has 0 radical (unpaired) electrons. The van der Waals surface area contributed by atoms with Gasteiger partial charge in [-0.1, -0.05) is 117 Å². The zero-order valence-corrected chi connectivity index (χ0v) is 74.6. The summed E-state index contributed by atoms with van der Waals surface area (Å²) in [7, 11) is 4.97. The Morgan fingerprint density at radius 3 is 1.05 bits per heavy atom. The van der Waals surface area contributed by atoms with Gasteiger partial charge in [0.2, 0.25) is 0 Å². The van der Waals surface area contributed by atoms with Gasteiger partial charge in [0, 0.05) is 166 Å². The second-order valence-electron chi connectivity index (χ2n) is 31.5. The number of aryl methyl sites for hydroxylation is 4. The summed E-state index contributed by atoms with van der Waals surface area (Å²) < 4.78 is 32.5. The third-order valence-corrected chi connectivity index (χ3v) is 25.7. The van der Waals surface area contributed by atoms with Crippen LogP contribution in [0.3, 0.4) is 0 Å². The summed E-state index contributed by atoms with van der Waals surface area (Å²) in [5.74, 6) is -1.72. The Morgan fingerprint density at radius 1 is 0.375 bits per heavy atom. The highest BCUT2D eigenvalue weighted by Gasteiger charge is 2.37. The fraction of sp³-hybridized carbons (Fsp3) is 0.365. The van der Waals surface area contributed by atoms with Gasteiger partial charge in [-0.25, -0.2) is 19.2 Å². The highest BCUT2D eigenvalue weighted by atomic mass is 32.1. The molecule has 4 aliphatic heterocycles. The topological polar surface area (TPSA) is 313 Å². The summed E-state index contributed by atoms with van der Waals surface area (Å²) in [6.07, 6.45) is 11.8. The summed E-state index contributed by atoms with van der Waals surface area (Å²) in [5.41, 5.74) is 4.79. The Bertz CT molecular complexity index is 6110. The first-order valence-corrected chi connectivity index (χ1v) is 45.3. The number of carbonyl (C=O) groups is 8. The number of aromatic nitrogens is 5. The van der Waals surface area contributed by atoms with E-state index in [1.54, 1.807) is 99.9 Å². The van der Waals surface area contributed by atoms with E-state index in [-0.39, 0.29) is 89.0 Å². The van der Waals surface area contributed by atoms with Gasteiger partial charge in [0.1, 0.15) is 22.3 Å². The lowest BCUT2D eigenvalue weighted by molar-refractivity contribution is 0.0514. The average Bonchev–Trinajstić information content (AvgIpc) is 0.861. The molecular weight excluding hydrogens is 1670 g/mol. The maximum absolute atomic E-state index is 13.9. The van der Waals surface area contributed by atoms with E-state index >= 15 is 0 Å². The van der Waals surface area contributed by atoms with Crippen molar-refractivity contribution in [3.05, 3.63) is 260 Å². The lowest BCUT2D eigenvalue weighted by atomic mass is 9.87. The number of carbonyl (C=O) groups excluding carboxylic acids is 8. The van der Waals surface area contributed by atoms with Gasteiger partial charge < -0.3 is 80.8 Å². The van der Waals surface area contributed by atoms with Crippen molar-refractivity contribution < 1.29 is 61.7 Å². The first-order valence-electron chi connectivity index (χ1n) is 43.5. The second-order valence-corrected chi connectivity index (χ2v) is 33.4. The van der Waals surface area contributed by atoms with E-state index in [2.05, 4.69) is 9.88 Å². The maximum Gasteiger partial charge on any atom is 0.345 e. The third kappa shape index (κ3) is 19.4. The number of esters is 4. The Kier molecular flexibility index (Phi) is 29.6. The molecule has 12 heterocycles. The smallest absolute Gasteiger partial charge is 0.345 e. The van der Waals surface area contributed by atoms with Crippen LogP contribution in [0.1, 0.15) is 148 Å². The van der Waals surface area contributed by atoms with Gasteiger partial charge >= 0.3 is 23.9 Å². The molecule has 0 atom stereocenters. The molecule has 5 fully saturated rings. The SMILES string of the molecule is CCOC(=O)c1c(N2CCN(C(=O)c3cccnc3)CC2)c2ccccc2n(C)c1=O.CCOC(=O)c1c(N2CCN(C(=O)c3ccco3)CC2)c2ccccc2n(C)c1=O.CCOC(=O)c1c(N2CCN(C(=O)c3cccs3)CC2)c2ccccc2n(C)c1=O.CCOC(=O)c1c(N2CCN(C(=O)c3cccs3)CC2)c2ccccc2n(CCC2CCCCC2)c1=O. The summed E-state index contributed by atoms with van der Waals surface area (Å²) >= 11 is 2.87. The molecule has 0 N–H and O–H groups in total. The average molecular weight is 1780 g/mol. The molecule has 17 rings (SSSR count). The van der Waals surface area contributed by atoms with Crippen LogP contribution in [0.15, 0.2) is 199 Å². The normalized spacial score (nSPS) is 14.9. The Labute approximate surface area is 747 Å². The van der Waals surface area contributed by atoms with Crippen LogP contribution in [-0.2, 0) is 46.6 Å². The van der Waals surface area contributed by atoms with E-state index < -0.39 is 29.4 Å². The zero-order chi connectivity index (χ0) is 90.2. The summed E-state index contributed by atoms with van der Waals surface area (Å²) in [5, 5.41) is 7.10. The number of para-hydroxylation sites is 4. The molecule has 8 aromatic heterocycles. The first kappa shape index (κ1) is 90.7. The number of amides is 4. The van der Waals surface area contributed by atoms with Crippen LogP contribution in [0.2, 0.25) is 0 Å². The molecule has 0 bridgehead atoms. The largest absolute Gasteiger partial charge is 0.462 e. The van der Waals surface area contributed by atoms with Crippen LogP contribution < -0.4 is 41.8 Å². The fourth-order valence-corrected chi connectivity index (χ4v) is 19.0. The highest BCUT2D eigenvalue weighted by Crippen LogP contribution is 2.37. The third-order valence-electron chi connectivity index (χ3n) is 24.0. The summed E-state index contributed by atoms with van der Waals surface area (Å²) in [6, 6.07) is 44.6. The van der Waals surface area contributed by atoms with Crippen LogP contribution in [0.4, 0.5) is 22.7 Å². The molecule has 4 saturated heterocycles. The number of thiophene rings is 2. The van der Waals surface area contributed by atoms with Crippen molar-refractivity contribution in [2.24, 2.45) is 27.1 Å². The molecule has 0 spiro atoms. The van der Waals surface area contributed by atoms with Gasteiger partial charge in [-0.05, 0) is 111 Å². The Morgan fingerprint density at radius 2 is 0.719 bits per heavy atom. The number of furan rings is 1. The predicted molar refractivity (Wildman–Crippen MR) is 495 cm³/mol. The number of hydrogen-bond acceptors (Lipinski definition) is 24. The lowest BCUT2D eigenvalue weighted by Crippen LogP contribution is -2.49. The quantitative estimate of drug-likeness (QED) is 0.0536. The van der Waals surface area contributed by atoms with Gasteiger partial charge in [-0.3, -0.25) is 43.3 Å². The Hall–Kier alpha value is -13.5. The number of anilines is 4. The molecule has 4 amide bonds. The van der Waals surface area contributed by atoms with E-state index in [4.69, 9.17) is 23.4 Å². The van der Waals surface area contributed by atoms with Crippen LogP contribution >= 0.6 is 22.7 Å². The van der Waals surface area contributed by atoms with Gasteiger partial charge in [0.25, 0.3) is 45.9 Å². The van der Waals surface area contributed by atoms with Gasteiger partial charge in [0.05, 0.1) is 92.8 Å². The first-order chi connectivity index (χ1) is 62.2. The van der Waals surface area contributed by atoms with Crippen molar-refractivity contribution in [2.75, 3.05) is 151 Å². The molecule has 1 saturated carbocycles. The molecule has 4 aromatic carbocycles. The van der Waals surface area contributed by atoms with Gasteiger partial charge in [-0.2, -0.15) is 0 Å². The molecular formula is C96H105N13O17S2. The van der Waals surface area contributed by atoms with Crippen molar-refractivity contribution in [3.63, 3.8) is 0 Å². The minimum atomic E-state index is -0.632. The number of fused-ring (bicyclic) bond motifs is 4. The number of benzene rings is 4. The number of rotatable bonds is 19. The molecule has 668 valence electrons. The monoisotopic (exact) mass is 1780 g/mol. The van der Waals surface area contributed by atoms with Crippen molar-refractivity contribution in [1.82, 2.24) is 42.9 Å². The van der Waals surface area contributed by atoms with E-state index in [1.165, 1.54) is 74.7 Å². The summed E-state index contributed by atoms with van der Waals surface area (Å²) in [6.45, 7) is 16.3. The molecule has 32 heteroatoms. The molecule has 1 aliphatic carbocycles. The number of ether oxygens (including phenoxy) is 4. The fourth-order valence-electron chi connectivity index (χ4n) is 17.6. The number of nitrogens with zero attached hydrogens (tertiary/aromatic N) is 13. The lowest BCUT2D eigenvalue weighted by Gasteiger charge is -2.37. The van der Waals surface area contributed by atoms with Crippen molar-refractivity contribution in [3.8, 4) is 0 Å². The van der Waals surface area contributed by atoms with Crippen LogP contribution in [-0.4, -0.2) is 222 Å². The van der Waals surface area contributed by atoms with Gasteiger partial charge in [-0.15, -0.1) is 22.7 Å². The molecule has 30 nitrogen and oxygen atoms in total. The standard InChI is InChI=1S/C29H35N3O4S.C23H24N4O4.C22H23N3O5.C22H23N3O4S/c1-2-36-29(35)25-26(30-16-18-31(19-17-30)27(33)24-13-8-20-37-24)22-11-6-7-12-23(22)32(28(25)34)15-14-21-9-4-3-5-10-21;1-3-31-23(30)19-20(17-8-4-5-9-18(17)25(2)22(19)29)26-11-13-27(14-12-26)21(28)16-7-6-10-24-15-16;2*1-3-29-22(28)18-19(15-7-4-5-8-16(15)23(2)21(18)27)24-10-12-25(13-11-24)20(26)17-9-6-14-30-17/h6-8,11-13,20-21H,2-5,9-10,14-19H2,1H3;4-10,15H,3,11-14H2,1-2H3;2*4-9,14H,3,10-13H2,1-2H3. The van der Waals surface area contributed by atoms with Crippen molar-refractivity contribution in [1.29, 1.82) is 0 Å². The zero-order valence-electron chi connectivity index (χ0n) is 73.0. The minimum Gasteiger partial charge on any atom is -0.462 e. The molecule has 128 heavy (non-hydrogen) atoms. The number of piperazine rings is 4. The minimum absolute atomic E-state index is 0.0177. The molecule has 12 aromatic rings. The van der Waals surface area contributed by atoms with Crippen LogP contribution in [0.5, 0.6) is 0 Å². The van der Waals surface area contributed by atoms with Crippen LogP contribution in [0.25, 0.3) is 43.6 Å². The predicted octanol–water partition coefficient (Wildman–Crippen LogP) is 12.3. The second kappa shape index (κ2) is 41.8.